The lowest BCUT2D eigenvalue weighted by Crippen LogP contribution is -2.70. The molecule has 0 unspecified atom stereocenters. The third kappa shape index (κ3) is 12.3. The Morgan fingerprint density at radius 2 is 1.57 bits per heavy atom. The molecule has 67 heavy (non-hydrogen) atoms. The second-order valence-electron chi connectivity index (χ2n) is 21.2. The van der Waals surface area contributed by atoms with Gasteiger partial charge in [-0.05, 0) is 118 Å². The van der Waals surface area contributed by atoms with Crippen LogP contribution < -0.4 is 10.2 Å². The number of nitrogens with one attached hydrogen (secondary N) is 1. The van der Waals surface area contributed by atoms with E-state index in [9.17, 15) is 35.1 Å². The summed E-state index contributed by atoms with van der Waals surface area (Å²) < 4.78 is 39.1. The van der Waals surface area contributed by atoms with Gasteiger partial charge in [-0.3, -0.25) is 9.69 Å². The smallest absolute Gasteiger partial charge is 0.324 e. The quantitative estimate of drug-likeness (QED) is 0.183. The molecule has 4 fully saturated rings. The van der Waals surface area contributed by atoms with E-state index >= 15 is 0 Å². The number of likely N-dealkylation sites (tertiary alicyclic amines) is 1. The maximum atomic E-state index is 14.6. The Balaban J connectivity index is 1.54. The van der Waals surface area contributed by atoms with E-state index in [2.05, 4.69) is 10.2 Å². The van der Waals surface area contributed by atoms with Gasteiger partial charge in [-0.1, -0.05) is 45.4 Å². The van der Waals surface area contributed by atoms with Gasteiger partial charge in [-0.2, -0.15) is 0 Å². The van der Waals surface area contributed by atoms with Crippen molar-refractivity contribution in [2.24, 2.45) is 17.8 Å². The van der Waals surface area contributed by atoms with Crippen LogP contribution in [0.2, 0.25) is 0 Å². The largest absolute Gasteiger partial charge is 0.459 e. The van der Waals surface area contributed by atoms with Gasteiger partial charge >= 0.3 is 12.0 Å². The first-order chi connectivity index (χ1) is 31.3. The average Bonchev–Trinajstić information content (AvgIpc) is 3.29. The van der Waals surface area contributed by atoms with Crippen LogP contribution >= 0.6 is 0 Å². The summed E-state index contributed by atoms with van der Waals surface area (Å²) in [4.78, 5) is 33.7. The minimum absolute atomic E-state index is 0.0750. The Kier molecular flexibility index (Phi) is 18.8. The van der Waals surface area contributed by atoms with Crippen LogP contribution in [0.15, 0.2) is 30.3 Å². The predicted molar refractivity (Wildman–Crippen MR) is 253 cm³/mol. The summed E-state index contributed by atoms with van der Waals surface area (Å²) in [7, 11) is 4.85. The number of piperidine rings is 1. The van der Waals surface area contributed by atoms with E-state index in [1.165, 1.54) is 16.7 Å². The molecular formula is C50H86N4O13. The molecule has 6 N–H and O–H groups in total. The third-order valence-electron chi connectivity index (χ3n) is 15.7. The first-order valence-electron chi connectivity index (χ1n) is 24.7. The number of aliphatic hydroxyl groups excluding tert-OH is 2. The van der Waals surface area contributed by atoms with Crippen LogP contribution in [0.3, 0.4) is 0 Å². The fraction of sp³-hybridized carbons (Fsp3) is 0.840. The van der Waals surface area contributed by atoms with E-state index in [0.717, 1.165) is 32.4 Å². The molecule has 4 saturated heterocycles. The van der Waals surface area contributed by atoms with E-state index < -0.39 is 108 Å². The van der Waals surface area contributed by atoms with Crippen LogP contribution in [0.1, 0.15) is 114 Å². The molecule has 0 saturated carbocycles. The van der Waals surface area contributed by atoms with Crippen molar-refractivity contribution in [2.45, 2.75) is 204 Å². The molecule has 0 spiro atoms. The summed E-state index contributed by atoms with van der Waals surface area (Å²) in [5, 5.41) is 64.1. The second-order valence-corrected chi connectivity index (χ2v) is 21.2. The zero-order chi connectivity index (χ0) is 49.8. The number of para-hydroxylation sites is 1. The standard InChI is InChI=1S/C50H86N4O13/c1-14-38-49(10,60)42(56)34(6)51-28-30(2)26-47(8,59)43(67-45-40(55)37(25-31(3)63-45)53(12)46(58)52(11)36-21-17-15-18-22-36)32(4)41(33(5)44(57)65-38)66-39-27-48(9,62-13)50(61,35(7)64-39)29-54-23-19-16-20-24-54/h15,17-18,21-22,30-35,37-43,45,51,55-56,59-61H,14,16,19-20,23-29H2,1-13H3/t30-,31-,32+,33-,34-,35+,37+,38-,39+,40-,41+,42-,43-,45+,47-,48-,49-,50+/m1/s1. The third-order valence-corrected chi connectivity index (χ3v) is 15.7. The summed E-state index contributed by atoms with van der Waals surface area (Å²) in [6, 6.07) is 7.45. The van der Waals surface area contributed by atoms with Crippen molar-refractivity contribution in [3.8, 4) is 0 Å². The number of ether oxygens (including phenoxy) is 6. The number of nitrogens with zero attached hydrogens (tertiary/aromatic N) is 3. The molecule has 4 heterocycles. The Hall–Kier alpha value is -2.52. The molecule has 18 atom stereocenters. The number of likely N-dealkylation sites (N-methyl/N-ethyl adjacent to an activating group) is 1. The van der Waals surface area contributed by atoms with Crippen LogP contribution in [-0.2, 0) is 33.2 Å². The van der Waals surface area contributed by atoms with Crippen LogP contribution in [-0.4, -0.2) is 185 Å². The molecule has 4 aliphatic heterocycles. The fourth-order valence-electron chi connectivity index (χ4n) is 11.2. The van der Waals surface area contributed by atoms with Crippen molar-refractivity contribution in [3.05, 3.63) is 30.3 Å². The van der Waals surface area contributed by atoms with E-state index in [1.54, 1.807) is 62.7 Å². The van der Waals surface area contributed by atoms with Crippen molar-refractivity contribution in [1.29, 1.82) is 0 Å². The van der Waals surface area contributed by atoms with Crippen molar-refractivity contribution < 1.29 is 63.5 Å². The molecule has 4 aliphatic rings. The van der Waals surface area contributed by atoms with Crippen molar-refractivity contribution >= 4 is 17.7 Å². The Morgan fingerprint density at radius 1 is 0.925 bits per heavy atom. The van der Waals surface area contributed by atoms with Gasteiger partial charge in [-0.25, -0.2) is 4.79 Å². The molecule has 1 aromatic rings. The lowest BCUT2D eigenvalue weighted by molar-refractivity contribution is -0.339. The number of carbonyl (C=O) groups excluding carboxylic acids is 2. The number of rotatable bonds is 10. The SMILES string of the molecule is CC[C@H]1OC(=O)[C@H](C)[C@@H](O[C@H]2C[C@@](C)(OC)[C@](O)(CN3CCCCC3)[C@H](C)O2)[C@H](C)[C@@H](O[C@@H]2O[C@H](C)C[C@H](N(C)C(=O)N(C)c3ccccc3)[C@H]2O)[C@](C)(O)C[C@@H](C)CN[C@H](C)[C@@H](O)[C@]1(C)O. The number of β-amino-alcohol motifs (C(OH)–C–C–N with tert-alkyl or cyclic N) is 1. The molecule has 5 rings (SSSR count). The zero-order valence-corrected chi connectivity index (χ0v) is 42.6. The fourth-order valence-corrected chi connectivity index (χ4v) is 11.2. The van der Waals surface area contributed by atoms with E-state index in [1.807, 2.05) is 51.1 Å². The number of hydrogen-bond acceptors (Lipinski definition) is 15. The molecule has 1 aromatic carbocycles. The van der Waals surface area contributed by atoms with Gasteiger partial charge in [0.25, 0.3) is 0 Å². The first kappa shape index (κ1) is 55.4. The molecule has 17 heteroatoms. The van der Waals surface area contributed by atoms with Gasteiger partial charge in [0.15, 0.2) is 12.6 Å². The topological polar surface area (TPSA) is 212 Å². The highest BCUT2D eigenvalue weighted by atomic mass is 16.7. The zero-order valence-electron chi connectivity index (χ0n) is 42.6. The number of hydrogen-bond donors (Lipinski definition) is 6. The number of anilines is 1. The number of urea groups is 1. The summed E-state index contributed by atoms with van der Waals surface area (Å²) >= 11 is 0. The van der Waals surface area contributed by atoms with Gasteiger partial charge in [0.05, 0.1) is 42.0 Å². The molecule has 0 aromatic heterocycles. The normalized spacial score (nSPS) is 43.3. The highest BCUT2D eigenvalue weighted by Gasteiger charge is 2.59. The van der Waals surface area contributed by atoms with Crippen molar-refractivity contribution in [1.82, 2.24) is 15.1 Å². The predicted octanol–water partition coefficient (Wildman–Crippen LogP) is 4.04. The molecule has 384 valence electrons. The maximum absolute atomic E-state index is 14.6. The minimum Gasteiger partial charge on any atom is -0.459 e. The van der Waals surface area contributed by atoms with E-state index in [-0.39, 0.29) is 31.2 Å². The molecule has 17 nitrogen and oxygen atoms in total. The molecule has 0 radical (unpaired) electrons. The number of amides is 2. The highest BCUT2D eigenvalue weighted by molar-refractivity contribution is 5.91. The number of benzene rings is 1. The molecule has 0 aliphatic carbocycles. The number of esters is 1. The maximum Gasteiger partial charge on any atom is 0.324 e. The average molecular weight is 951 g/mol. The number of aliphatic hydroxyl groups is 5. The minimum atomic E-state index is -1.85. The molecular weight excluding hydrogens is 865 g/mol. The second kappa shape index (κ2) is 22.7. The van der Waals surface area contributed by atoms with E-state index in [4.69, 9.17) is 28.4 Å². The Labute approximate surface area is 399 Å². The highest BCUT2D eigenvalue weighted by Crippen LogP contribution is 2.44. The summed E-state index contributed by atoms with van der Waals surface area (Å²) in [6.07, 6.45) is -5.89. The van der Waals surface area contributed by atoms with Gasteiger partial charge in [0.1, 0.15) is 35.1 Å². The van der Waals surface area contributed by atoms with E-state index in [0.29, 0.717) is 25.2 Å². The Morgan fingerprint density at radius 3 is 2.18 bits per heavy atom. The summed E-state index contributed by atoms with van der Waals surface area (Å²) in [5.41, 5.74) is -5.45. The summed E-state index contributed by atoms with van der Waals surface area (Å²) in [6.45, 7) is 19.8. The molecule has 0 bridgehead atoms. The summed E-state index contributed by atoms with van der Waals surface area (Å²) in [5.74, 6) is -2.94. The van der Waals surface area contributed by atoms with Gasteiger partial charge in [0, 0.05) is 51.8 Å². The lowest BCUT2D eigenvalue weighted by atomic mass is 9.74. The van der Waals surface area contributed by atoms with Crippen LogP contribution in [0.25, 0.3) is 0 Å². The molecule has 2 amide bonds. The van der Waals surface area contributed by atoms with Crippen molar-refractivity contribution in [3.63, 3.8) is 0 Å². The number of cyclic esters (lactones) is 1. The van der Waals surface area contributed by atoms with Crippen molar-refractivity contribution in [2.75, 3.05) is 52.3 Å². The van der Waals surface area contributed by atoms with Crippen LogP contribution in [0.5, 0.6) is 0 Å². The van der Waals surface area contributed by atoms with Gasteiger partial charge < -0.3 is 69.1 Å². The Bertz CT molecular complexity index is 1740. The van der Waals surface area contributed by atoms with Gasteiger partial charge in [-0.15, -0.1) is 0 Å². The number of carbonyl (C=O) groups is 2. The first-order valence-corrected chi connectivity index (χ1v) is 24.7. The van der Waals surface area contributed by atoms with Crippen LogP contribution in [0.4, 0.5) is 10.5 Å². The number of methoxy groups -OCH3 is 1. The van der Waals surface area contributed by atoms with Crippen LogP contribution in [0, 0.1) is 17.8 Å². The van der Waals surface area contributed by atoms with Gasteiger partial charge in [0.2, 0.25) is 0 Å². The monoisotopic (exact) mass is 951 g/mol. The lowest BCUT2D eigenvalue weighted by Gasteiger charge is -2.55.